The van der Waals surface area contributed by atoms with E-state index in [1.165, 1.54) is 5.56 Å². The van der Waals surface area contributed by atoms with Crippen molar-refractivity contribution in [3.8, 4) is 11.3 Å². The fraction of sp³-hybridized carbons (Fsp3) is 0.120. The number of benzene rings is 3. The third-order valence-electron chi connectivity index (χ3n) is 4.93. The van der Waals surface area contributed by atoms with Gasteiger partial charge in [0.05, 0.1) is 17.8 Å². The SMILES string of the molecule is CC(=O)N(Cc1cc(-c2ccccc2)nc2ccccc12)c1ccc(C)cc1. The molecule has 0 spiro atoms. The summed E-state index contributed by atoms with van der Waals surface area (Å²) < 4.78 is 0. The van der Waals surface area contributed by atoms with Gasteiger partial charge in [0.25, 0.3) is 0 Å². The molecule has 1 amide bonds. The molecule has 1 heterocycles. The molecule has 0 aliphatic carbocycles. The number of pyridine rings is 1. The predicted octanol–water partition coefficient (Wildman–Crippen LogP) is 5.76. The zero-order valence-electron chi connectivity index (χ0n) is 16.1. The molecule has 0 bridgehead atoms. The molecule has 3 nitrogen and oxygen atoms in total. The Labute approximate surface area is 165 Å². The summed E-state index contributed by atoms with van der Waals surface area (Å²) in [5.74, 6) is 0.0195. The fourth-order valence-corrected chi connectivity index (χ4v) is 3.41. The van der Waals surface area contributed by atoms with Crippen molar-refractivity contribution in [3.05, 3.63) is 96.1 Å². The van der Waals surface area contributed by atoms with Gasteiger partial charge in [0, 0.05) is 23.6 Å². The van der Waals surface area contributed by atoms with Gasteiger partial charge in [-0.05, 0) is 36.8 Å². The molecule has 3 aromatic carbocycles. The number of amides is 1. The van der Waals surface area contributed by atoms with Crippen molar-refractivity contribution in [2.75, 3.05) is 4.90 Å². The van der Waals surface area contributed by atoms with Crippen LogP contribution in [-0.2, 0) is 11.3 Å². The zero-order valence-corrected chi connectivity index (χ0v) is 16.1. The van der Waals surface area contributed by atoms with Crippen molar-refractivity contribution in [1.29, 1.82) is 0 Å². The number of rotatable bonds is 4. The maximum atomic E-state index is 12.4. The van der Waals surface area contributed by atoms with Gasteiger partial charge >= 0.3 is 0 Å². The predicted molar refractivity (Wildman–Crippen MR) is 115 cm³/mol. The molecule has 0 N–H and O–H groups in total. The van der Waals surface area contributed by atoms with E-state index in [9.17, 15) is 4.79 Å². The number of carbonyl (C=O) groups is 1. The molecule has 0 aliphatic heterocycles. The maximum Gasteiger partial charge on any atom is 0.224 e. The van der Waals surface area contributed by atoms with Gasteiger partial charge in [0.15, 0.2) is 0 Å². The van der Waals surface area contributed by atoms with E-state index in [1.54, 1.807) is 6.92 Å². The molecule has 0 fully saturated rings. The van der Waals surface area contributed by atoms with E-state index in [2.05, 4.69) is 24.3 Å². The van der Waals surface area contributed by atoms with E-state index >= 15 is 0 Å². The van der Waals surface area contributed by atoms with Crippen LogP contribution in [0, 0.1) is 6.92 Å². The summed E-state index contributed by atoms with van der Waals surface area (Å²) in [6, 6.07) is 28.4. The Bertz CT molecular complexity index is 1120. The summed E-state index contributed by atoms with van der Waals surface area (Å²) in [5.41, 5.74) is 6.08. The highest BCUT2D eigenvalue weighted by molar-refractivity contribution is 5.93. The molecular formula is C25H22N2O. The molecule has 0 aliphatic rings. The van der Waals surface area contributed by atoms with Crippen molar-refractivity contribution < 1.29 is 4.79 Å². The van der Waals surface area contributed by atoms with Crippen molar-refractivity contribution in [2.45, 2.75) is 20.4 Å². The molecule has 1 aromatic heterocycles. The van der Waals surface area contributed by atoms with Gasteiger partial charge in [-0.3, -0.25) is 4.79 Å². The molecule has 4 rings (SSSR count). The van der Waals surface area contributed by atoms with Gasteiger partial charge in [-0.1, -0.05) is 66.2 Å². The lowest BCUT2D eigenvalue weighted by atomic mass is 10.0. The third-order valence-corrected chi connectivity index (χ3v) is 4.93. The van der Waals surface area contributed by atoms with Gasteiger partial charge in [-0.25, -0.2) is 4.98 Å². The first-order chi connectivity index (χ1) is 13.6. The molecule has 138 valence electrons. The van der Waals surface area contributed by atoms with E-state index in [0.29, 0.717) is 6.54 Å². The second-order valence-electron chi connectivity index (χ2n) is 6.99. The first kappa shape index (κ1) is 17.9. The number of anilines is 1. The van der Waals surface area contributed by atoms with E-state index in [4.69, 9.17) is 4.98 Å². The van der Waals surface area contributed by atoms with Crippen LogP contribution in [0.1, 0.15) is 18.1 Å². The van der Waals surface area contributed by atoms with Crippen LogP contribution < -0.4 is 4.90 Å². The Balaban J connectivity index is 1.82. The summed E-state index contributed by atoms with van der Waals surface area (Å²) >= 11 is 0. The minimum absolute atomic E-state index is 0.0195. The first-order valence-corrected chi connectivity index (χ1v) is 9.41. The van der Waals surface area contributed by atoms with Gasteiger partial charge < -0.3 is 4.90 Å². The van der Waals surface area contributed by atoms with Gasteiger partial charge in [-0.15, -0.1) is 0 Å². The zero-order chi connectivity index (χ0) is 19.5. The smallest absolute Gasteiger partial charge is 0.224 e. The minimum Gasteiger partial charge on any atom is -0.308 e. The number of aromatic nitrogens is 1. The largest absolute Gasteiger partial charge is 0.308 e. The Morgan fingerprint density at radius 2 is 1.57 bits per heavy atom. The Morgan fingerprint density at radius 1 is 0.893 bits per heavy atom. The Hall–Kier alpha value is -3.46. The monoisotopic (exact) mass is 366 g/mol. The third kappa shape index (κ3) is 3.65. The topological polar surface area (TPSA) is 33.2 Å². The van der Waals surface area contributed by atoms with Crippen molar-refractivity contribution in [1.82, 2.24) is 4.98 Å². The lowest BCUT2D eigenvalue weighted by Crippen LogP contribution is -2.28. The van der Waals surface area contributed by atoms with Gasteiger partial charge in [0.2, 0.25) is 5.91 Å². The normalized spacial score (nSPS) is 10.8. The van der Waals surface area contributed by atoms with Crippen LogP contribution >= 0.6 is 0 Å². The van der Waals surface area contributed by atoms with Crippen LogP contribution in [-0.4, -0.2) is 10.9 Å². The number of fused-ring (bicyclic) bond motifs is 1. The molecule has 3 heteroatoms. The summed E-state index contributed by atoms with van der Waals surface area (Å²) in [6.07, 6.45) is 0. The average molecular weight is 366 g/mol. The molecule has 0 atom stereocenters. The van der Waals surface area contributed by atoms with Crippen LogP contribution in [0.4, 0.5) is 5.69 Å². The molecular weight excluding hydrogens is 344 g/mol. The number of aryl methyl sites for hydroxylation is 1. The van der Waals surface area contributed by atoms with E-state index in [1.807, 2.05) is 72.5 Å². The summed E-state index contributed by atoms with van der Waals surface area (Å²) in [7, 11) is 0. The van der Waals surface area contributed by atoms with Crippen LogP contribution in [0.3, 0.4) is 0 Å². The van der Waals surface area contributed by atoms with Gasteiger partial charge in [-0.2, -0.15) is 0 Å². The van der Waals surface area contributed by atoms with Crippen molar-refractivity contribution in [3.63, 3.8) is 0 Å². The summed E-state index contributed by atoms with van der Waals surface area (Å²) in [5, 5.41) is 1.07. The number of hydrogen-bond acceptors (Lipinski definition) is 2. The quantitative estimate of drug-likeness (QED) is 0.460. The molecule has 0 saturated carbocycles. The number of carbonyl (C=O) groups excluding carboxylic acids is 1. The van der Waals surface area contributed by atoms with Crippen LogP contribution in [0.5, 0.6) is 0 Å². The van der Waals surface area contributed by atoms with Crippen LogP contribution in [0.25, 0.3) is 22.2 Å². The lowest BCUT2D eigenvalue weighted by molar-refractivity contribution is -0.116. The maximum absolute atomic E-state index is 12.4. The Morgan fingerprint density at radius 3 is 2.29 bits per heavy atom. The van der Waals surface area contributed by atoms with E-state index in [-0.39, 0.29) is 5.91 Å². The number of hydrogen-bond donors (Lipinski definition) is 0. The van der Waals surface area contributed by atoms with Crippen molar-refractivity contribution in [2.24, 2.45) is 0 Å². The first-order valence-electron chi connectivity index (χ1n) is 9.41. The van der Waals surface area contributed by atoms with Crippen LogP contribution in [0.15, 0.2) is 84.9 Å². The standard InChI is InChI=1S/C25H22N2O/c1-18-12-14-22(15-13-18)27(19(2)28)17-21-16-25(20-8-4-3-5-9-20)26-24-11-7-6-10-23(21)24/h3-16H,17H2,1-2H3. The highest BCUT2D eigenvalue weighted by Crippen LogP contribution is 2.27. The number of nitrogens with zero attached hydrogens (tertiary/aromatic N) is 2. The highest BCUT2D eigenvalue weighted by Gasteiger charge is 2.15. The second kappa shape index (κ2) is 7.65. The molecule has 0 saturated heterocycles. The van der Waals surface area contributed by atoms with E-state index in [0.717, 1.165) is 33.4 Å². The number of para-hydroxylation sites is 1. The fourth-order valence-electron chi connectivity index (χ4n) is 3.41. The molecule has 0 unspecified atom stereocenters. The molecule has 28 heavy (non-hydrogen) atoms. The summed E-state index contributed by atoms with van der Waals surface area (Å²) in [6.45, 7) is 4.16. The lowest BCUT2D eigenvalue weighted by Gasteiger charge is -2.23. The minimum atomic E-state index is 0.0195. The molecule has 4 aromatic rings. The average Bonchev–Trinajstić information content (AvgIpc) is 2.73. The van der Waals surface area contributed by atoms with Gasteiger partial charge in [0.1, 0.15) is 0 Å². The van der Waals surface area contributed by atoms with Crippen molar-refractivity contribution >= 4 is 22.5 Å². The van der Waals surface area contributed by atoms with Crippen LogP contribution in [0.2, 0.25) is 0 Å². The Kier molecular flexibility index (Phi) is 4.90. The second-order valence-corrected chi connectivity index (χ2v) is 6.99. The molecule has 0 radical (unpaired) electrons. The summed E-state index contributed by atoms with van der Waals surface area (Å²) in [4.78, 5) is 19.1. The highest BCUT2D eigenvalue weighted by atomic mass is 16.2. The van der Waals surface area contributed by atoms with E-state index < -0.39 is 0 Å².